The molecule has 0 bridgehead atoms. The van der Waals surface area contributed by atoms with Crippen molar-refractivity contribution < 1.29 is 24.4 Å². The molecule has 0 radical (unpaired) electrons. The number of amides is 2. The predicted molar refractivity (Wildman–Crippen MR) is 71.1 cm³/mol. The van der Waals surface area contributed by atoms with E-state index >= 15 is 0 Å². The van der Waals surface area contributed by atoms with Crippen molar-refractivity contribution in [2.45, 2.75) is 6.10 Å². The van der Waals surface area contributed by atoms with Gasteiger partial charge >= 0.3 is 12.0 Å². The lowest BCUT2D eigenvalue weighted by molar-refractivity contribution is -0.384. The Morgan fingerprint density at radius 3 is 2.62 bits per heavy atom. The summed E-state index contributed by atoms with van der Waals surface area (Å²) in [6.07, 6.45) is -1.04. The minimum Gasteiger partial charge on any atom is -0.479 e. The number of non-ortho nitro benzene ring substituents is 1. The molecule has 0 saturated carbocycles. The molecule has 0 spiro atoms. The third-order valence-electron chi connectivity index (χ3n) is 2.96. The van der Waals surface area contributed by atoms with Gasteiger partial charge in [-0.1, -0.05) is 0 Å². The van der Waals surface area contributed by atoms with Crippen LogP contribution in [0, 0.1) is 10.1 Å². The summed E-state index contributed by atoms with van der Waals surface area (Å²) in [6.45, 7) is 0.376. The summed E-state index contributed by atoms with van der Waals surface area (Å²) in [7, 11) is 0. The van der Waals surface area contributed by atoms with Gasteiger partial charge in [-0.05, 0) is 12.1 Å². The lowest BCUT2D eigenvalue weighted by Crippen LogP contribution is -2.49. The Labute approximate surface area is 119 Å². The number of anilines is 1. The number of carbonyl (C=O) groups is 2. The highest BCUT2D eigenvalue weighted by Gasteiger charge is 2.28. The van der Waals surface area contributed by atoms with Crippen molar-refractivity contribution in [3.63, 3.8) is 0 Å². The normalized spacial score (nSPS) is 18.1. The minimum atomic E-state index is -1.12. The second-order valence-electron chi connectivity index (χ2n) is 4.38. The SMILES string of the molecule is O=C(O)C1CN(C(=O)Nc2ccc([N+](=O)[O-])cc2)CCO1. The van der Waals surface area contributed by atoms with Crippen LogP contribution in [0.15, 0.2) is 24.3 Å². The number of hydrogen-bond acceptors (Lipinski definition) is 5. The van der Waals surface area contributed by atoms with E-state index in [-0.39, 0.29) is 25.4 Å². The number of urea groups is 1. The van der Waals surface area contributed by atoms with Crippen molar-refractivity contribution in [2.24, 2.45) is 0 Å². The molecule has 1 fully saturated rings. The van der Waals surface area contributed by atoms with Crippen LogP contribution < -0.4 is 5.32 Å². The summed E-state index contributed by atoms with van der Waals surface area (Å²) >= 11 is 0. The summed E-state index contributed by atoms with van der Waals surface area (Å²) in [5.41, 5.74) is 0.314. The van der Waals surface area contributed by atoms with Gasteiger partial charge in [0.05, 0.1) is 18.1 Å². The van der Waals surface area contributed by atoms with Crippen LogP contribution in [0.2, 0.25) is 0 Å². The molecule has 1 saturated heterocycles. The summed E-state index contributed by atoms with van der Waals surface area (Å²) in [6, 6.07) is 4.89. The van der Waals surface area contributed by atoms with E-state index in [9.17, 15) is 19.7 Å². The number of nitro benzene ring substituents is 1. The highest BCUT2D eigenvalue weighted by Crippen LogP contribution is 2.16. The zero-order valence-electron chi connectivity index (χ0n) is 10.9. The fraction of sp³-hybridized carbons (Fsp3) is 0.333. The zero-order valence-corrected chi connectivity index (χ0v) is 10.9. The van der Waals surface area contributed by atoms with Gasteiger partial charge in [-0.3, -0.25) is 10.1 Å². The molecule has 2 amide bonds. The standard InChI is InChI=1S/C12H13N3O6/c16-11(17)10-7-14(5-6-21-10)12(18)13-8-1-3-9(4-2-8)15(19)20/h1-4,10H,5-7H2,(H,13,18)(H,16,17). The summed E-state index contributed by atoms with van der Waals surface area (Å²) in [5, 5.41) is 21.9. The lowest BCUT2D eigenvalue weighted by atomic mass is 10.2. The molecule has 1 aliphatic rings. The molecule has 1 atom stereocenters. The number of morpholine rings is 1. The van der Waals surface area contributed by atoms with E-state index < -0.39 is 23.0 Å². The van der Waals surface area contributed by atoms with Crippen LogP contribution in [0.4, 0.5) is 16.2 Å². The molecule has 1 aromatic rings. The maximum atomic E-state index is 12.0. The molecule has 0 aliphatic carbocycles. The van der Waals surface area contributed by atoms with Crippen LogP contribution in [-0.2, 0) is 9.53 Å². The number of ether oxygens (including phenoxy) is 1. The summed E-state index contributed by atoms with van der Waals surface area (Å²) < 4.78 is 5.02. The van der Waals surface area contributed by atoms with Gasteiger partial charge in [-0.25, -0.2) is 9.59 Å². The van der Waals surface area contributed by atoms with Crippen molar-refractivity contribution in [3.8, 4) is 0 Å². The maximum Gasteiger partial charge on any atom is 0.334 e. The molecule has 2 rings (SSSR count). The van der Waals surface area contributed by atoms with Gasteiger partial charge in [0.25, 0.3) is 5.69 Å². The van der Waals surface area contributed by atoms with Crippen LogP contribution in [0.3, 0.4) is 0 Å². The van der Waals surface area contributed by atoms with Crippen LogP contribution in [0.1, 0.15) is 0 Å². The number of carbonyl (C=O) groups excluding carboxylic acids is 1. The number of nitro groups is 1. The molecule has 1 unspecified atom stereocenters. The molecule has 1 heterocycles. The summed E-state index contributed by atoms with van der Waals surface area (Å²) in [4.78, 5) is 34.1. The van der Waals surface area contributed by atoms with Crippen LogP contribution >= 0.6 is 0 Å². The number of rotatable bonds is 3. The second-order valence-corrected chi connectivity index (χ2v) is 4.38. The molecule has 0 aromatic heterocycles. The average molecular weight is 295 g/mol. The third kappa shape index (κ3) is 3.66. The van der Waals surface area contributed by atoms with Gasteiger partial charge in [-0.15, -0.1) is 0 Å². The van der Waals surface area contributed by atoms with Gasteiger partial charge in [-0.2, -0.15) is 0 Å². The Balaban J connectivity index is 1.97. The molecule has 9 heteroatoms. The predicted octanol–water partition coefficient (Wildman–Crippen LogP) is 0.912. The van der Waals surface area contributed by atoms with E-state index in [2.05, 4.69) is 5.32 Å². The number of aliphatic carboxylic acids is 1. The minimum absolute atomic E-state index is 0.0475. The van der Waals surface area contributed by atoms with Gasteiger partial charge in [0.15, 0.2) is 6.10 Å². The largest absolute Gasteiger partial charge is 0.479 e. The first-order chi connectivity index (χ1) is 9.97. The lowest BCUT2D eigenvalue weighted by Gasteiger charge is -2.30. The third-order valence-corrected chi connectivity index (χ3v) is 2.96. The Hall–Kier alpha value is -2.68. The summed E-state index contributed by atoms with van der Waals surface area (Å²) in [5.74, 6) is -1.12. The molecular weight excluding hydrogens is 282 g/mol. The molecule has 9 nitrogen and oxygen atoms in total. The number of carboxylic acid groups (broad SMARTS) is 1. The van der Waals surface area contributed by atoms with Gasteiger partial charge < -0.3 is 20.1 Å². The van der Waals surface area contributed by atoms with E-state index in [1.54, 1.807) is 0 Å². The van der Waals surface area contributed by atoms with Crippen LogP contribution in [-0.4, -0.2) is 52.7 Å². The van der Waals surface area contributed by atoms with Gasteiger partial charge in [0.2, 0.25) is 0 Å². The van der Waals surface area contributed by atoms with E-state index in [0.717, 1.165) is 0 Å². The van der Waals surface area contributed by atoms with Crippen molar-refractivity contribution in [1.29, 1.82) is 0 Å². The number of nitrogens with zero attached hydrogens (tertiary/aromatic N) is 2. The smallest absolute Gasteiger partial charge is 0.334 e. The van der Waals surface area contributed by atoms with Crippen molar-refractivity contribution in [1.82, 2.24) is 4.90 Å². The molecule has 21 heavy (non-hydrogen) atoms. The van der Waals surface area contributed by atoms with E-state index in [1.807, 2.05) is 0 Å². The fourth-order valence-corrected chi connectivity index (χ4v) is 1.85. The quantitative estimate of drug-likeness (QED) is 0.631. The highest BCUT2D eigenvalue weighted by atomic mass is 16.6. The van der Waals surface area contributed by atoms with E-state index in [4.69, 9.17) is 9.84 Å². The Bertz CT molecular complexity index is 559. The first-order valence-corrected chi connectivity index (χ1v) is 6.12. The number of benzene rings is 1. The Morgan fingerprint density at radius 2 is 2.05 bits per heavy atom. The number of hydrogen-bond donors (Lipinski definition) is 2. The molecule has 1 aliphatic heterocycles. The van der Waals surface area contributed by atoms with Crippen LogP contribution in [0.5, 0.6) is 0 Å². The molecule has 1 aromatic carbocycles. The topological polar surface area (TPSA) is 122 Å². The van der Waals surface area contributed by atoms with Gasteiger partial charge in [0.1, 0.15) is 0 Å². The Kier molecular flexibility index (Phi) is 4.33. The highest BCUT2D eigenvalue weighted by molar-refractivity contribution is 5.90. The first-order valence-electron chi connectivity index (χ1n) is 6.12. The van der Waals surface area contributed by atoms with Gasteiger partial charge in [0, 0.05) is 24.4 Å². The Morgan fingerprint density at radius 1 is 1.38 bits per heavy atom. The first kappa shape index (κ1) is 14.7. The number of nitrogens with one attached hydrogen (secondary N) is 1. The monoisotopic (exact) mass is 295 g/mol. The van der Waals surface area contributed by atoms with Crippen molar-refractivity contribution >= 4 is 23.4 Å². The molecule has 2 N–H and O–H groups in total. The molecular formula is C12H13N3O6. The van der Waals surface area contributed by atoms with E-state index in [1.165, 1.54) is 29.2 Å². The molecule has 112 valence electrons. The number of carboxylic acids is 1. The zero-order chi connectivity index (χ0) is 15.4. The van der Waals surface area contributed by atoms with Crippen LogP contribution in [0.25, 0.3) is 0 Å². The second kappa shape index (κ2) is 6.18. The van der Waals surface area contributed by atoms with E-state index in [0.29, 0.717) is 5.69 Å². The van der Waals surface area contributed by atoms with Crippen molar-refractivity contribution in [2.75, 3.05) is 25.0 Å². The maximum absolute atomic E-state index is 12.0. The van der Waals surface area contributed by atoms with Crippen molar-refractivity contribution in [3.05, 3.63) is 34.4 Å². The average Bonchev–Trinajstić information content (AvgIpc) is 2.48. The fourth-order valence-electron chi connectivity index (χ4n) is 1.85.